The van der Waals surface area contributed by atoms with Crippen molar-refractivity contribution in [2.45, 2.75) is 59.2 Å². The highest BCUT2D eigenvalue weighted by atomic mass is 16.5. The molecule has 0 fully saturated rings. The smallest absolute Gasteiger partial charge is 0.306 e. The van der Waals surface area contributed by atoms with E-state index in [1.165, 1.54) is 0 Å². The maximum Gasteiger partial charge on any atom is 0.306 e. The molecular weight excluding hydrogens is 308 g/mol. The number of carbonyl (C=O) groups excluding carboxylic acids is 2. The molecule has 0 heterocycles. The van der Waals surface area contributed by atoms with Crippen LogP contribution in [0.15, 0.2) is 24.3 Å². The van der Waals surface area contributed by atoms with Gasteiger partial charge in [0, 0.05) is 0 Å². The van der Waals surface area contributed by atoms with Crippen molar-refractivity contribution in [2.24, 2.45) is 5.92 Å². The summed E-state index contributed by atoms with van der Waals surface area (Å²) in [5.41, 5.74) is 0.841. The number of esters is 2. The summed E-state index contributed by atoms with van der Waals surface area (Å²) in [5.74, 6) is 0.225. The van der Waals surface area contributed by atoms with Crippen molar-refractivity contribution in [1.29, 1.82) is 0 Å². The van der Waals surface area contributed by atoms with Gasteiger partial charge >= 0.3 is 11.9 Å². The first-order chi connectivity index (χ1) is 11.5. The average molecular weight is 336 g/mol. The average Bonchev–Trinajstić information content (AvgIpc) is 2.57. The van der Waals surface area contributed by atoms with Gasteiger partial charge in [0.2, 0.25) is 0 Å². The molecule has 24 heavy (non-hydrogen) atoms. The first-order valence-corrected chi connectivity index (χ1v) is 8.44. The Bertz CT molecular complexity index is 524. The van der Waals surface area contributed by atoms with Gasteiger partial charge in [0.15, 0.2) is 0 Å². The maximum absolute atomic E-state index is 11.8. The molecule has 0 aromatic heterocycles. The van der Waals surface area contributed by atoms with Crippen molar-refractivity contribution in [3.8, 4) is 5.75 Å². The van der Waals surface area contributed by atoms with Gasteiger partial charge in [-0.1, -0.05) is 39.3 Å². The summed E-state index contributed by atoms with van der Waals surface area (Å²) in [7, 11) is 1.58. The molecule has 1 unspecified atom stereocenters. The third-order valence-corrected chi connectivity index (χ3v) is 3.67. The minimum atomic E-state index is -0.411. The Balaban J connectivity index is 2.33. The van der Waals surface area contributed by atoms with Crippen molar-refractivity contribution < 1.29 is 23.8 Å². The van der Waals surface area contributed by atoms with E-state index >= 15 is 0 Å². The molecule has 5 nitrogen and oxygen atoms in total. The molecule has 0 aliphatic carbocycles. The van der Waals surface area contributed by atoms with E-state index in [9.17, 15) is 9.59 Å². The zero-order valence-corrected chi connectivity index (χ0v) is 15.0. The molecular formula is C19H28O5. The van der Waals surface area contributed by atoms with Crippen LogP contribution in [-0.4, -0.2) is 25.2 Å². The zero-order chi connectivity index (χ0) is 17.9. The first-order valence-electron chi connectivity index (χ1n) is 8.44. The Kier molecular flexibility index (Phi) is 8.90. The largest absolute Gasteiger partial charge is 0.497 e. The summed E-state index contributed by atoms with van der Waals surface area (Å²) in [6.07, 6.45) is 1.78. The normalized spacial score (nSPS) is 11.9. The van der Waals surface area contributed by atoms with Crippen LogP contribution >= 0.6 is 0 Å². The lowest BCUT2D eigenvalue weighted by molar-refractivity contribution is -0.156. The monoisotopic (exact) mass is 336 g/mol. The van der Waals surface area contributed by atoms with Crippen molar-refractivity contribution in [2.75, 3.05) is 7.11 Å². The summed E-state index contributed by atoms with van der Waals surface area (Å²) in [6, 6.07) is 7.31. The maximum atomic E-state index is 11.8. The van der Waals surface area contributed by atoms with Crippen LogP contribution in [0.1, 0.15) is 52.0 Å². The topological polar surface area (TPSA) is 61.8 Å². The minimum absolute atomic E-state index is 0.0275. The van der Waals surface area contributed by atoms with Gasteiger partial charge in [-0.3, -0.25) is 9.59 Å². The molecule has 1 rings (SSSR count). The van der Waals surface area contributed by atoms with Gasteiger partial charge in [-0.2, -0.15) is 0 Å². The molecule has 0 bridgehead atoms. The van der Waals surface area contributed by atoms with Crippen LogP contribution < -0.4 is 4.74 Å². The fourth-order valence-corrected chi connectivity index (χ4v) is 2.24. The van der Waals surface area contributed by atoms with Crippen LogP contribution in [0, 0.1) is 5.92 Å². The van der Waals surface area contributed by atoms with Gasteiger partial charge in [0.1, 0.15) is 18.5 Å². The molecule has 0 amide bonds. The predicted octanol–water partition coefficient (Wildman–Crippen LogP) is 3.89. The molecule has 0 aliphatic rings. The summed E-state index contributed by atoms with van der Waals surface area (Å²) < 4.78 is 15.7. The second kappa shape index (κ2) is 10.7. The summed E-state index contributed by atoms with van der Waals surface area (Å²) in [4.78, 5) is 23.6. The van der Waals surface area contributed by atoms with E-state index in [0.717, 1.165) is 18.4 Å². The highest BCUT2D eigenvalue weighted by Crippen LogP contribution is 2.15. The lowest BCUT2D eigenvalue weighted by atomic mass is 10.0. The van der Waals surface area contributed by atoms with Crippen LogP contribution in [-0.2, 0) is 25.7 Å². The molecule has 134 valence electrons. The lowest BCUT2D eigenvalue weighted by Crippen LogP contribution is -2.24. The number of ether oxygens (including phenoxy) is 3. The quantitative estimate of drug-likeness (QED) is 0.607. The van der Waals surface area contributed by atoms with E-state index in [2.05, 4.69) is 6.92 Å². The fraction of sp³-hybridized carbons (Fsp3) is 0.579. The Hall–Kier alpha value is -2.04. The zero-order valence-electron chi connectivity index (χ0n) is 15.0. The van der Waals surface area contributed by atoms with E-state index in [1.807, 2.05) is 32.0 Å². The summed E-state index contributed by atoms with van der Waals surface area (Å²) in [6.45, 7) is 6.26. The highest BCUT2D eigenvalue weighted by molar-refractivity contribution is 5.77. The Morgan fingerprint density at radius 1 is 1.12 bits per heavy atom. The van der Waals surface area contributed by atoms with E-state index in [4.69, 9.17) is 14.2 Å². The van der Waals surface area contributed by atoms with Gasteiger partial charge in [-0.15, -0.1) is 0 Å². The standard InChI is InChI=1S/C19H28O5/c1-5-7-17(14(2)3)24-19(21)11-10-18(20)23-13-15-8-6-9-16(12-15)22-4/h6,8-9,12,14,17H,5,7,10-11,13H2,1-4H3. The van der Waals surface area contributed by atoms with Gasteiger partial charge in [0.05, 0.1) is 20.0 Å². The number of hydrogen-bond donors (Lipinski definition) is 0. The van der Waals surface area contributed by atoms with Crippen LogP contribution in [0.2, 0.25) is 0 Å². The Morgan fingerprint density at radius 2 is 1.83 bits per heavy atom. The molecule has 0 saturated heterocycles. The second-order valence-corrected chi connectivity index (χ2v) is 6.07. The first kappa shape index (κ1) is 20.0. The third kappa shape index (κ3) is 7.49. The SMILES string of the molecule is CCCC(OC(=O)CCC(=O)OCc1cccc(OC)c1)C(C)C. The van der Waals surface area contributed by atoms with E-state index < -0.39 is 5.97 Å². The van der Waals surface area contributed by atoms with Gasteiger partial charge in [0.25, 0.3) is 0 Å². The van der Waals surface area contributed by atoms with Gasteiger partial charge in [-0.05, 0) is 30.0 Å². The van der Waals surface area contributed by atoms with Crippen molar-refractivity contribution in [3.63, 3.8) is 0 Å². The third-order valence-electron chi connectivity index (χ3n) is 3.67. The predicted molar refractivity (Wildman–Crippen MR) is 91.7 cm³/mol. The molecule has 0 aliphatic heterocycles. The van der Waals surface area contributed by atoms with Crippen LogP contribution in [0.5, 0.6) is 5.75 Å². The van der Waals surface area contributed by atoms with Gasteiger partial charge < -0.3 is 14.2 Å². The minimum Gasteiger partial charge on any atom is -0.497 e. The van der Waals surface area contributed by atoms with E-state index in [-0.39, 0.29) is 37.4 Å². The molecule has 0 radical (unpaired) electrons. The van der Waals surface area contributed by atoms with Crippen molar-refractivity contribution in [1.82, 2.24) is 0 Å². The number of rotatable bonds is 10. The number of hydrogen-bond acceptors (Lipinski definition) is 5. The Morgan fingerprint density at radius 3 is 2.46 bits per heavy atom. The lowest BCUT2D eigenvalue weighted by Gasteiger charge is -2.20. The molecule has 1 atom stereocenters. The molecule has 5 heteroatoms. The molecule has 0 spiro atoms. The molecule has 0 N–H and O–H groups in total. The second-order valence-electron chi connectivity index (χ2n) is 6.07. The Labute approximate surface area is 144 Å². The van der Waals surface area contributed by atoms with Gasteiger partial charge in [-0.25, -0.2) is 0 Å². The number of methoxy groups -OCH3 is 1. The summed E-state index contributed by atoms with van der Waals surface area (Å²) >= 11 is 0. The van der Waals surface area contributed by atoms with E-state index in [1.54, 1.807) is 13.2 Å². The fourth-order valence-electron chi connectivity index (χ4n) is 2.24. The van der Waals surface area contributed by atoms with Crippen molar-refractivity contribution in [3.05, 3.63) is 29.8 Å². The van der Waals surface area contributed by atoms with Crippen molar-refractivity contribution >= 4 is 11.9 Å². The molecule has 0 saturated carbocycles. The van der Waals surface area contributed by atoms with Crippen LogP contribution in [0.25, 0.3) is 0 Å². The number of carbonyl (C=O) groups is 2. The van der Waals surface area contributed by atoms with Crippen LogP contribution in [0.4, 0.5) is 0 Å². The van der Waals surface area contributed by atoms with E-state index in [0.29, 0.717) is 5.75 Å². The molecule has 1 aromatic carbocycles. The number of benzene rings is 1. The highest BCUT2D eigenvalue weighted by Gasteiger charge is 2.18. The van der Waals surface area contributed by atoms with Crippen LogP contribution in [0.3, 0.4) is 0 Å². The summed E-state index contributed by atoms with van der Waals surface area (Å²) in [5, 5.41) is 0. The molecule has 1 aromatic rings.